The fourth-order valence-corrected chi connectivity index (χ4v) is 3.36. The molecule has 0 bridgehead atoms. The molecule has 0 aliphatic carbocycles. The van der Waals surface area contributed by atoms with Crippen LogP contribution >= 0.6 is 0 Å². The SMILES string of the molecule is [2H]C([2H])([2H])CCOC(C(=O)OC1CCN([O-])CC1)(c1ccccc1)c1ccccc1. The van der Waals surface area contributed by atoms with E-state index in [-0.39, 0.29) is 19.1 Å². The lowest BCUT2D eigenvalue weighted by molar-refractivity contribution is -0.176. The molecule has 0 atom stereocenters. The van der Waals surface area contributed by atoms with Gasteiger partial charge in [0.05, 0.1) is 0 Å². The fourth-order valence-electron chi connectivity index (χ4n) is 3.36. The van der Waals surface area contributed by atoms with Gasteiger partial charge in [0.2, 0.25) is 5.60 Å². The maximum absolute atomic E-state index is 13.6. The number of hydroxylamine groups is 2. The Hall–Kier alpha value is -2.21. The summed E-state index contributed by atoms with van der Waals surface area (Å²) in [6, 6.07) is 17.9. The quantitative estimate of drug-likeness (QED) is 0.692. The van der Waals surface area contributed by atoms with E-state index in [4.69, 9.17) is 13.6 Å². The second kappa shape index (κ2) is 9.13. The first-order valence-electron chi connectivity index (χ1n) is 10.7. The molecular weight excluding hydrogens is 342 g/mol. The Morgan fingerprint density at radius 1 is 1.11 bits per heavy atom. The second-order valence-electron chi connectivity index (χ2n) is 6.55. The van der Waals surface area contributed by atoms with Crippen molar-refractivity contribution in [1.29, 1.82) is 0 Å². The Morgan fingerprint density at radius 3 is 2.19 bits per heavy atom. The van der Waals surface area contributed by atoms with Crippen LogP contribution < -0.4 is 0 Å². The maximum atomic E-state index is 13.6. The van der Waals surface area contributed by atoms with Gasteiger partial charge in [0, 0.05) is 10.7 Å². The van der Waals surface area contributed by atoms with Gasteiger partial charge in [0.25, 0.3) is 0 Å². The minimum atomic E-state index is -2.18. The summed E-state index contributed by atoms with van der Waals surface area (Å²) in [7, 11) is 0. The molecule has 2 aromatic carbocycles. The van der Waals surface area contributed by atoms with Gasteiger partial charge in [-0.25, -0.2) is 4.79 Å². The van der Waals surface area contributed by atoms with E-state index in [0.29, 0.717) is 37.1 Å². The number of esters is 1. The van der Waals surface area contributed by atoms with Crippen molar-refractivity contribution in [3.63, 3.8) is 0 Å². The number of carbonyl (C=O) groups excluding carboxylic acids is 1. The van der Waals surface area contributed by atoms with Gasteiger partial charge in [-0.3, -0.25) is 0 Å². The number of nitrogens with zero attached hydrogens (tertiary/aromatic N) is 1. The average Bonchev–Trinajstić information content (AvgIpc) is 2.73. The van der Waals surface area contributed by atoms with Crippen LogP contribution in [0.3, 0.4) is 0 Å². The van der Waals surface area contributed by atoms with E-state index < -0.39 is 18.4 Å². The first kappa shape index (κ1) is 15.8. The first-order chi connectivity index (χ1) is 14.3. The molecule has 0 saturated carbocycles. The number of carbonyl (C=O) groups is 1. The molecule has 5 nitrogen and oxygen atoms in total. The van der Waals surface area contributed by atoms with Crippen molar-refractivity contribution in [1.82, 2.24) is 5.06 Å². The number of benzene rings is 2. The molecule has 144 valence electrons. The third kappa shape index (κ3) is 4.38. The lowest BCUT2D eigenvalue weighted by atomic mass is 9.85. The first-order valence-corrected chi connectivity index (χ1v) is 9.19. The predicted molar refractivity (Wildman–Crippen MR) is 104 cm³/mol. The Kier molecular flexibility index (Phi) is 5.35. The highest BCUT2D eigenvalue weighted by Gasteiger charge is 2.45. The minimum Gasteiger partial charge on any atom is -0.785 e. The summed E-state index contributed by atoms with van der Waals surface area (Å²) in [5.41, 5.74) is -0.469. The molecule has 0 radical (unpaired) electrons. The van der Waals surface area contributed by atoms with E-state index >= 15 is 0 Å². The molecule has 0 spiro atoms. The topological polar surface area (TPSA) is 61.8 Å². The third-order valence-corrected chi connectivity index (χ3v) is 4.74. The van der Waals surface area contributed by atoms with Crippen LogP contribution in [-0.4, -0.2) is 36.8 Å². The second-order valence-corrected chi connectivity index (χ2v) is 6.55. The predicted octanol–water partition coefficient (Wildman–Crippen LogP) is 3.86. The number of piperidine rings is 1. The van der Waals surface area contributed by atoms with Crippen LogP contribution in [0.2, 0.25) is 0 Å². The summed E-state index contributed by atoms with van der Waals surface area (Å²) in [5.74, 6) is -0.602. The summed E-state index contributed by atoms with van der Waals surface area (Å²) in [6.07, 6.45) is 0.311. The lowest BCUT2D eigenvalue weighted by Gasteiger charge is -2.38. The molecular formula is C22H26NO4-. The van der Waals surface area contributed by atoms with E-state index in [1.807, 2.05) is 12.1 Å². The summed E-state index contributed by atoms with van der Waals surface area (Å²) in [4.78, 5) is 13.6. The van der Waals surface area contributed by atoms with Crippen molar-refractivity contribution in [2.45, 2.75) is 37.8 Å². The van der Waals surface area contributed by atoms with Crippen molar-refractivity contribution in [2.24, 2.45) is 0 Å². The Balaban J connectivity index is 1.97. The number of hydrogen-bond acceptors (Lipinski definition) is 5. The van der Waals surface area contributed by atoms with Crippen LogP contribution in [0.15, 0.2) is 60.7 Å². The van der Waals surface area contributed by atoms with Gasteiger partial charge in [-0.05, 0) is 43.5 Å². The summed E-state index contributed by atoms with van der Waals surface area (Å²) < 4.78 is 34.4. The van der Waals surface area contributed by atoms with Crippen LogP contribution in [0.25, 0.3) is 0 Å². The van der Waals surface area contributed by atoms with Crippen molar-refractivity contribution >= 4 is 5.97 Å². The van der Waals surface area contributed by atoms with Crippen LogP contribution in [0, 0.1) is 5.21 Å². The molecule has 1 saturated heterocycles. The molecule has 0 amide bonds. The molecule has 27 heavy (non-hydrogen) atoms. The standard InChI is InChI=1S/C22H26NO4/c1-2-17-26-22(18-9-5-3-6-10-18,19-11-7-4-8-12-19)21(24)27-20-13-15-23(25)16-14-20/h3-12,20H,2,13-17H2,1H3/q-1/i1D3. The highest BCUT2D eigenvalue weighted by atomic mass is 16.6. The van der Waals surface area contributed by atoms with Crippen molar-refractivity contribution in [3.8, 4) is 0 Å². The van der Waals surface area contributed by atoms with Gasteiger partial charge in [-0.1, -0.05) is 67.5 Å². The van der Waals surface area contributed by atoms with Gasteiger partial charge in [0.15, 0.2) is 0 Å². The molecule has 0 unspecified atom stereocenters. The number of ether oxygens (including phenoxy) is 2. The molecule has 1 aliphatic heterocycles. The Morgan fingerprint density at radius 2 is 1.67 bits per heavy atom. The zero-order chi connectivity index (χ0) is 21.6. The van der Waals surface area contributed by atoms with Gasteiger partial charge >= 0.3 is 5.97 Å². The van der Waals surface area contributed by atoms with Gasteiger partial charge in [0.1, 0.15) is 6.10 Å². The van der Waals surface area contributed by atoms with Gasteiger partial charge in [-0.15, -0.1) is 0 Å². The molecule has 0 N–H and O–H groups in total. The number of hydrogen-bond donors (Lipinski definition) is 0. The van der Waals surface area contributed by atoms with E-state index in [0.717, 1.165) is 5.06 Å². The molecule has 1 fully saturated rings. The van der Waals surface area contributed by atoms with E-state index in [9.17, 15) is 10.0 Å². The number of rotatable bonds is 7. The fraction of sp³-hybridized carbons (Fsp3) is 0.409. The summed E-state index contributed by atoms with van der Waals surface area (Å²) >= 11 is 0. The molecule has 3 rings (SSSR count). The lowest BCUT2D eigenvalue weighted by Crippen LogP contribution is -2.45. The largest absolute Gasteiger partial charge is 0.785 e. The summed E-state index contributed by atoms with van der Waals surface area (Å²) in [6.45, 7) is -1.71. The zero-order valence-electron chi connectivity index (χ0n) is 18.2. The third-order valence-electron chi connectivity index (χ3n) is 4.74. The minimum absolute atomic E-state index is 0.144. The summed E-state index contributed by atoms with van der Waals surface area (Å²) in [5, 5.41) is 12.4. The van der Waals surface area contributed by atoms with Gasteiger partial charge in [-0.2, -0.15) is 0 Å². The molecule has 1 aliphatic rings. The van der Waals surface area contributed by atoms with E-state index in [2.05, 4.69) is 0 Å². The van der Waals surface area contributed by atoms with Crippen molar-refractivity contribution in [2.75, 3.05) is 19.7 Å². The van der Waals surface area contributed by atoms with Gasteiger partial charge < -0.3 is 19.7 Å². The highest BCUT2D eigenvalue weighted by Crippen LogP contribution is 2.36. The van der Waals surface area contributed by atoms with Crippen LogP contribution in [0.5, 0.6) is 0 Å². The van der Waals surface area contributed by atoms with Crippen molar-refractivity contribution < 1.29 is 18.4 Å². The van der Waals surface area contributed by atoms with E-state index in [1.165, 1.54) is 0 Å². The molecule has 0 aromatic heterocycles. The van der Waals surface area contributed by atoms with E-state index in [1.54, 1.807) is 48.5 Å². The smallest absolute Gasteiger partial charge is 0.348 e. The zero-order valence-corrected chi connectivity index (χ0v) is 15.2. The molecule has 1 heterocycles. The Bertz CT molecular complexity index is 767. The van der Waals surface area contributed by atoms with Crippen LogP contribution in [0.4, 0.5) is 0 Å². The maximum Gasteiger partial charge on any atom is 0.348 e. The molecule has 2 aromatic rings. The van der Waals surface area contributed by atoms with Crippen LogP contribution in [-0.2, 0) is 19.9 Å². The Labute approximate surface area is 164 Å². The monoisotopic (exact) mass is 371 g/mol. The van der Waals surface area contributed by atoms with Crippen LogP contribution in [0.1, 0.15) is 41.4 Å². The normalized spacial score (nSPS) is 18.3. The average molecular weight is 371 g/mol. The molecule has 5 heteroatoms. The highest BCUT2D eigenvalue weighted by molar-refractivity contribution is 5.86. The van der Waals surface area contributed by atoms with Crippen molar-refractivity contribution in [3.05, 3.63) is 77.0 Å².